The molecule has 1 amide bonds. The summed E-state index contributed by atoms with van der Waals surface area (Å²) in [6.45, 7) is 2.22. The second kappa shape index (κ2) is 11.6. The minimum Gasteiger partial charge on any atom is -0.478 e. The Bertz CT molecular complexity index is 1580. The molecule has 11 nitrogen and oxygen atoms in total. The van der Waals surface area contributed by atoms with E-state index in [1.54, 1.807) is 55.6 Å². The van der Waals surface area contributed by atoms with Crippen molar-refractivity contribution in [2.45, 2.75) is 6.92 Å². The van der Waals surface area contributed by atoms with E-state index in [4.69, 9.17) is 29.0 Å². The number of hydrazone groups is 1. The third-order valence-electron chi connectivity index (χ3n) is 5.17. The number of aromatic nitrogens is 4. The van der Waals surface area contributed by atoms with Gasteiger partial charge in [0.05, 0.1) is 45.8 Å². The van der Waals surface area contributed by atoms with Gasteiger partial charge in [-0.1, -0.05) is 34.5 Å². The standard InChI is InChI=1S/C25H20Cl2N8O3/c1-2-29-24(36)14-8-20(22(32-28)12-30-16-5-3-4-15(26)10-16)31-21(9-14)23-13-35(34-33-23)17-6-7-18(25(37)38)19(27)11-17/h3-13H,2,28H2,1H3,(H,29,36)(H,37,38)/b30-12?,32-22+. The van der Waals surface area contributed by atoms with Crippen molar-refractivity contribution in [2.24, 2.45) is 15.9 Å². The minimum absolute atomic E-state index is 0.0373. The number of carbonyl (C=O) groups is 2. The third-order valence-corrected chi connectivity index (χ3v) is 5.72. The molecule has 4 rings (SSSR count). The first-order valence-corrected chi connectivity index (χ1v) is 11.9. The van der Waals surface area contributed by atoms with Gasteiger partial charge in [-0.3, -0.25) is 9.79 Å². The fourth-order valence-corrected chi connectivity index (χ4v) is 3.81. The Balaban J connectivity index is 1.73. The number of rotatable bonds is 8. The number of benzene rings is 2. The molecule has 0 spiro atoms. The number of halogens is 2. The van der Waals surface area contributed by atoms with Crippen molar-refractivity contribution in [2.75, 3.05) is 6.54 Å². The number of amides is 1. The van der Waals surface area contributed by atoms with Crippen LogP contribution in [0, 0.1) is 0 Å². The van der Waals surface area contributed by atoms with E-state index in [-0.39, 0.29) is 27.9 Å². The lowest BCUT2D eigenvalue weighted by atomic mass is 10.1. The lowest BCUT2D eigenvalue weighted by molar-refractivity contribution is 0.0696. The topological polar surface area (TPSA) is 161 Å². The number of hydrogen-bond donors (Lipinski definition) is 3. The SMILES string of the molecule is CCNC(=O)c1cc(/C(C=Nc2cccc(Cl)c2)=N/N)nc(-c2cn(-c3ccc(C(=O)O)c(Cl)c3)nn2)c1. The zero-order chi connectivity index (χ0) is 27.2. The van der Waals surface area contributed by atoms with E-state index in [1.807, 2.05) is 0 Å². The van der Waals surface area contributed by atoms with E-state index >= 15 is 0 Å². The summed E-state index contributed by atoms with van der Waals surface area (Å²) in [5, 5.41) is 24.6. The van der Waals surface area contributed by atoms with Crippen LogP contribution in [-0.2, 0) is 0 Å². The zero-order valence-corrected chi connectivity index (χ0v) is 21.4. The van der Waals surface area contributed by atoms with Crippen molar-refractivity contribution in [1.29, 1.82) is 0 Å². The minimum atomic E-state index is -1.14. The van der Waals surface area contributed by atoms with Gasteiger partial charge in [-0.05, 0) is 55.5 Å². The number of carboxylic acid groups (broad SMARTS) is 1. The van der Waals surface area contributed by atoms with Crippen LogP contribution in [-0.4, -0.2) is 55.4 Å². The Morgan fingerprint density at radius 2 is 1.95 bits per heavy atom. The molecule has 2 heterocycles. The van der Waals surface area contributed by atoms with Crippen molar-refractivity contribution in [3.63, 3.8) is 0 Å². The summed E-state index contributed by atoms with van der Waals surface area (Å²) in [7, 11) is 0. The molecule has 4 aromatic rings. The van der Waals surface area contributed by atoms with Crippen molar-refractivity contribution in [3.05, 3.63) is 87.7 Å². The highest BCUT2D eigenvalue weighted by atomic mass is 35.5. The van der Waals surface area contributed by atoms with Gasteiger partial charge in [0.15, 0.2) is 0 Å². The van der Waals surface area contributed by atoms with E-state index in [0.29, 0.717) is 39.9 Å². The number of pyridine rings is 1. The summed E-state index contributed by atoms with van der Waals surface area (Å²) in [5.74, 6) is 4.17. The molecule has 0 atom stereocenters. The highest BCUT2D eigenvalue weighted by molar-refractivity contribution is 6.38. The Labute approximate surface area is 226 Å². The van der Waals surface area contributed by atoms with Gasteiger partial charge in [-0.15, -0.1) is 5.10 Å². The van der Waals surface area contributed by atoms with Gasteiger partial charge in [0, 0.05) is 17.1 Å². The molecular weight excluding hydrogens is 531 g/mol. The quantitative estimate of drug-likeness (QED) is 0.168. The normalized spacial score (nSPS) is 11.6. The van der Waals surface area contributed by atoms with Crippen LogP contribution in [0.15, 0.2) is 70.9 Å². The number of nitrogens with two attached hydrogens (primary N) is 1. The van der Waals surface area contributed by atoms with Crippen LogP contribution in [0.25, 0.3) is 17.1 Å². The number of aromatic carboxylic acids is 1. The molecule has 192 valence electrons. The molecule has 38 heavy (non-hydrogen) atoms. The highest BCUT2D eigenvalue weighted by Crippen LogP contribution is 2.23. The molecule has 13 heteroatoms. The average Bonchev–Trinajstić information content (AvgIpc) is 3.39. The van der Waals surface area contributed by atoms with Gasteiger partial charge in [0.2, 0.25) is 0 Å². The Morgan fingerprint density at radius 3 is 2.63 bits per heavy atom. The summed E-state index contributed by atoms with van der Waals surface area (Å²) in [4.78, 5) is 32.9. The molecular formula is C25H20Cl2N8O3. The molecule has 0 fully saturated rings. The maximum absolute atomic E-state index is 12.7. The fraction of sp³-hybridized carbons (Fsp3) is 0.0800. The van der Waals surface area contributed by atoms with Crippen molar-refractivity contribution in [1.82, 2.24) is 25.3 Å². The highest BCUT2D eigenvalue weighted by Gasteiger charge is 2.17. The first-order chi connectivity index (χ1) is 18.3. The van der Waals surface area contributed by atoms with Gasteiger partial charge in [0.25, 0.3) is 5.91 Å². The summed E-state index contributed by atoms with van der Waals surface area (Å²) in [5.41, 5.74) is 2.46. The predicted molar refractivity (Wildman–Crippen MR) is 145 cm³/mol. The number of carbonyl (C=O) groups excluding carboxylic acids is 1. The Hall–Kier alpha value is -4.61. The van der Waals surface area contributed by atoms with Gasteiger partial charge in [-0.2, -0.15) is 5.10 Å². The third kappa shape index (κ3) is 6.02. The molecule has 0 saturated heterocycles. The molecule has 2 aromatic heterocycles. The number of hydrogen-bond acceptors (Lipinski definition) is 8. The second-order valence-corrected chi connectivity index (χ2v) is 8.60. The number of nitrogens with zero attached hydrogens (tertiary/aromatic N) is 6. The maximum Gasteiger partial charge on any atom is 0.337 e. The monoisotopic (exact) mass is 550 g/mol. The number of aliphatic imine (C=N–C) groups is 1. The van der Waals surface area contributed by atoms with E-state index in [1.165, 1.54) is 23.0 Å². The van der Waals surface area contributed by atoms with Crippen molar-refractivity contribution in [3.8, 4) is 17.1 Å². The van der Waals surface area contributed by atoms with Crippen molar-refractivity contribution < 1.29 is 14.7 Å². The van der Waals surface area contributed by atoms with Gasteiger partial charge >= 0.3 is 5.97 Å². The molecule has 0 radical (unpaired) electrons. The van der Waals surface area contributed by atoms with Crippen LogP contribution in [0.4, 0.5) is 5.69 Å². The molecule has 0 aliphatic rings. The number of carboxylic acids is 1. The summed E-state index contributed by atoms with van der Waals surface area (Å²) < 4.78 is 1.41. The second-order valence-electron chi connectivity index (χ2n) is 7.76. The van der Waals surface area contributed by atoms with Crippen LogP contribution < -0.4 is 11.2 Å². The Kier molecular flexibility index (Phi) is 8.09. The first-order valence-electron chi connectivity index (χ1n) is 11.1. The molecule has 0 saturated carbocycles. The maximum atomic E-state index is 12.7. The largest absolute Gasteiger partial charge is 0.478 e. The van der Waals surface area contributed by atoms with Crippen LogP contribution in [0.3, 0.4) is 0 Å². The predicted octanol–water partition coefficient (Wildman–Crippen LogP) is 4.15. The van der Waals surface area contributed by atoms with Gasteiger partial charge in [0.1, 0.15) is 11.4 Å². The number of nitrogens with one attached hydrogen (secondary N) is 1. The zero-order valence-electron chi connectivity index (χ0n) is 19.8. The van der Waals surface area contributed by atoms with Crippen molar-refractivity contribution >= 4 is 52.7 Å². The molecule has 0 aliphatic heterocycles. The van der Waals surface area contributed by atoms with Gasteiger partial charge < -0.3 is 16.3 Å². The average molecular weight is 551 g/mol. The summed E-state index contributed by atoms with van der Waals surface area (Å²) in [6, 6.07) is 14.4. The molecule has 0 aliphatic carbocycles. The van der Waals surface area contributed by atoms with E-state index in [0.717, 1.165) is 0 Å². The van der Waals surface area contributed by atoms with Crippen LogP contribution in [0.2, 0.25) is 10.0 Å². The molecule has 0 bridgehead atoms. The lowest BCUT2D eigenvalue weighted by Gasteiger charge is -2.08. The van der Waals surface area contributed by atoms with E-state index < -0.39 is 5.97 Å². The lowest BCUT2D eigenvalue weighted by Crippen LogP contribution is -2.23. The molecule has 2 aromatic carbocycles. The smallest absolute Gasteiger partial charge is 0.337 e. The fourth-order valence-electron chi connectivity index (χ4n) is 3.37. The van der Waals surface area contributed by atoms with Crippen LogP contribution in [0.1, 0.15) is 33.3 Å². The molecule has 4 N–H and O–H groups in total. The van der Waals surface area contributed by atoms with Crippen LogP contribution >= 0.6 is 23.2 Å². The van der Waals surface area contributed by atoms with Gasteiger partial charge in [-0.25, -0.2) is 14.5 Å². The summed E-state index contributed by atoms with van der Waals surface area (Å²) >= 11 is 12.1. The molecule has 0 unspecified atom stereocenters. The van der Waals surface area contributed by atoms with E-state index in [9.17, 15) is 14.7 Å². The summed E-state index contributed by atoms with van der Waals surface area (Å²) in [6.07, 6.45) is 2.99. The van der Waals surface area contributed by atoms with Crippen LogP contribution in [0.5, 0.6) is 0 Å². The van der Waals surface area contributed by atoms with E-state index in [2.05, 4.69) is 30.7 Å². The first kappa shape index (κ1) is 26.5. The Morgan fingerprint density at radius 1 is 1.13 bits per heavy atom.